The molecule has 0 fully saturated rings. The molecule has 2 aromatic carbocycles. The van der Waals surface area contributed by atoms with Crippen molar-refractivity contribution in [2.24, 2.45) is 0 Å². The summed E-state index contributed by atoms with van der Waals surface area (Å²) in [7, 11) is 0. The molecule has 0 spiro atoms. The molecule has 2 nitrogen and oxygen atoms in total. The largest absolute Gasteiger partial charge is 0.505 e. The second-order valence-corrected chi connectivity index (χ2v) is 7.19. The van der Waals surface area contributed by atoms with Gasteiger partial charge in [-0.15, -0.1) is 0 Å². The molecular weight excluding hydrogens is 445 g/mol. The summed E-state index contributed by atoms with van der Waals surface area (Å²) in [5.74, 6) is -0.531. The summed E-state index contributed by atoms with van der Waals surface area (Å²) in [5.41, 5.74) is -1.61. The topological polar surface area (TPSA) is 33.1 Å². The highest BCUT2D eigenvalue weighted by molar-refractivity contribution is 6.36. The van der Waals surface area contributed by atoms with Gasteiger partial charge in [0.25, 0.3) is 0 Å². The molecule has 0 aliphatic carbocycles. The maximum Gasteiger partial charge on any atom is 0.433 e. The Morgan fingerprint density at radius 2 is 1.26 bits per heavy atom. The SMILES string of the molecule is Oc1c(-c2cc(Cl)ccc2Cl)cc(C(F)(F)F)nc1-c1cc(Cl)ccc1Cl. The molecule has 0 atom stereocenters. The van der Waals surface area contributed by atoms with Crippen molar-refractivity contribution >= 4 is 46.4 Å². The molecule has 0 saturated carbocycles. The van der Waals surface area contributed by atoms with Gasteiger partial charge in [0, 0.05) is 31.8 Å². The highest BCUT2D eigenvalue weighted by Crippen LogP contribution is 2.45. The van der Waals surface area contributed by atoms with E-state index in [2.05, 4.69) is 4.98 Å². The van der Waals surface area contributed by atoms with Gasteiger partial charge in [0.1, 0.15) is 17.1 Å². The molecule has 9 heteroatoms. The first-order valence-electron chi connectivity index (χ1n) is 7.30. The third kappa shape index (κ3) is 4.11. The van der Waals surface area contributed by atoms with Crippen LogP contribution in [0, 0.1) is 0 Å². The number of alkyl halides is 3. The molecule has 0 amide bonds. The average molecular weight is 453 g/mol. The Balaban J connectivity index is 2.38. The molecule has 27 heavy (non-hydrogen) atoms. The number of pyridine rings is 1. The van der Waals surface area contributed by atoms with Gasteiger partial charge in [-0.05, 0) is 42.5 Å². The number of hydrogen-bond donors (Lipinski definition) is 1. The van der Waals surface area contributed by atoms with Gasteiger partial charge in [0.2, 0.25) is 0 Å². The molecule has 1 N–H and O–H groups in total. The lowest BCUT2D eigenvalue weighted by Crippen LogP contribution is -2.09. The van der Waals surface area contributed by atoms with Crippen molar-refractivity contribution in [2.75, 3.05) is 0 Å². The summed E-state index contributed by atoms with van der Waals surface area (Å²) in [5, 5.41) is 11.3. The van der Waals surface area contributed by atoms with Crippen LogP contribution in [0.3, 0.4) is 0 Å². The van der Waals surface area contributed by atoms with Gasteiger partial charge in [-0.1, -0.05) is 46.4 Å². The number of benzene rings is 2. The molecule has 0 radical (unpaired) electrons. The molecule has 0 bridgehead atoms. The van der Waals surface area contributed by atoms with E-state index in [9.17, 15) is 18.3 Å². The number of rotatable bonds is 2. The first-order chi connectivity index (χ1) is 12.6. The van der Waals surface area contributed by atoms with Crippen LogP contribution in [-0.4, -0.2) is 10.1 Å². The molecule has 3 aromatic rings. The standard InChI is InChI=1S/C18H8Cl4F3NO/c19-8-1-3-13(21)10(5-8)11-7-15(18(23,24)25)26-16(17(11)27)12-6-9(20)2-4-14(12)22/h1-7,27H. The predicted molar refractivity (Wildman–Crippen MR) is 102 cm³/mol. The fourth-order valence-electron chi connectivity index (χ4n) is 2.46. The summed E-state index contributed by atoms with van der Waals surface area (Å²) in [4.78, 5) is 3.56. The number of aromatic nitrogens is 1. The summed E-state index contributed by atoms with van der Waals surface area (Å²) < 4.78 is 40.2. The number of hydrogen-bond acceptors (Lipinski definition) is 2. The maximum atomic E-state index is 13.4. The van der Waals surface area contributed by atoms with Crippen molar-refractivity contribution in [3.63, 3.8) is 0 Å². The summed E-state index contributed by atoms with van der Waals surface area (Å²) in [6, 6.07) is 9.12. The monoisotopic (exact) mass is 451 g/mol. The van der Waals surface area contributed by atoms with E-state index in [0.29, 0.717) is 6.07 Å². The highest BCUT2D eigenvalue weighted by atomic mass is 35.5. The molecule has 0 aliphatic heterocycles. The van der Waals surface area contributed by atoms with Crippen LogP contribution in [0.2, 0.25) is 20.1 Å². The fraction of sp³-hybridized carbons (Fsp3) is 0.0556. The Morgan fingerprint density at radius 1 is 0.741 bits per heavy atom. The van der Waals surface area contributed by atoms with E-state index in [0.717, 1.165) is 0 Å². The summed E-state index contributed by atoms with van der Waals surface area (Å²) >= 11 is 24.0. The maximum absolute atomic E-state index is 13.4. The second kappa shape index (κ2) is 7.40. The van der Waals surface area contributed by atoms with Crippen LogP contribution in [0.5, 0.6) is 5.75 Å². The van der Waals surface area contributed by atoms with Crippen LogP contribution in [0.1, 0.15) is 5.69 Å². The van der Waals surface area contributed by atoms with Gasteiger partial charge >= 0.3 is 6.18 Å². The van der Waals surface area contributed by atoms with E-state index < -0.39 is 17.6 Å². The van der Waals surface area contributed by atoms with Crippen LogP contribution in [0.25, 0.3) is 22.4 Å². The number of halogens is 7. The van der Waals surface area contributed by atoms with Crippen molar-refractivity contribution in [2.45, 2.75) is 6.18 Å². The Morgan fingerprint density at radius 3 is 1.81 bits per heavy atom. The molecule has 3 rings (SSSR count). The molecule has 0 aliphatic rings. The number of aromatic hydroxyl groups is 1. The van der Waals surface area contributed by atoms with Gasteiger partial charge in [-0.2, -0.15) is 13.2 Å². The van der Waals surface area contributed by atoms with E-state index in [1.54, 1.807) is 0 Å². The zero-order valence-corrected chi connectivity index (χ0v) is 16.1. The zero-order valence-electron chi connectivity index (χ0n) is 13.1. The molecule has 0 unspecified atom stereocenters. The van der Waals surface area contributed by atoms with Crippen molar-refractivity contribution in [1.29, 1.82) is 0 Å². The molecule has 0 saturated heterocycles. The lowest BCUT2D eigenvalue weighted by atomic mass is 10.00. The normalized spacial score (nSPS) is 11.7. The van der Waals surface area contributed by atoms with Crippen LogP contribution in [0.15, 0.2) is 42.5 Å². The lowest BCUT2D eigenvalue weighted by molar-refractivity contribution is -0.141. The summed E-state index contributed by atoms with van der Waals surface area (Å²) in [6.07, 6.45) is -4.77. The quantitative estimate of drug-likeness (QED) is 0.431. The van der Waals surface area contributed by atoms with Crippen molar-refractivity contribution in [3.05, 3.63) is 68.2 Å². The van der Waals surface area contributed by atoms with Crippen molar-refractivity contribution in [1.82, 2.24) is 4.98 Å². The van der Waals surface area contributed by atoms with Crippen LogP contribution >= 0.6 is 46.4 Å². The third-order valence-electron chi connectivity index (χ3n) is 3.69. The average Bonchev–Trinajstić information content (AvgIpc) is 2.59. The minimum atomic E-state index is -4.77. The van der Waals surface area contributed by atoms with Crippen molar-refractivity contribution in [3.8, 4) is 28.1 Å². The third-order valence-corrected chi connectivity index (χ3v) is 4.81. The zero-order chi connectivity index (χ0) is 19.9. The van der Waals surface area contributed by atoms with Gasteiger partial charge < -0.3 is 5.11 Å². The predicted octanol–water partition coefficient (Wildman–Crippen LogP) is 7.75. The van der Waals surface area contributed by atoms with E-state index >= 15 is 0 Å². The minimum Gasteiger partial charge on any atom is -0.505 e. The van der Waals surface area contributed by atoms with E-state index in [1.165, 1.54) is 36.4 Å². The summed E-state index contributed by atoms with van der Waals surface area (Å²) in [6.45, 7) is 0. The molecule has 1 heterocycles. The van der Waals surface area contributed by atoms with E-state index in [1.807, 2.05) is 0 Å². The lowest BCUT2D eigenvalue weighted by Gasteiger charge is -2.16. The highest BCUT2D eigenvalue weighted by Gasteiger charge is 2.35. The van der Waals surface area contributed by atoms with Crippen LogP contribution in [0.4, 0.5) is 13.2 Å². The van der Waals surface area contributed by atoms with Crippen LogP contribution < -0.4 is 0 Å². The van der Waals surface area contributed by atoms with E-state index in [4.69, 9.17) is 46.4 Å². The Hall–Kier alpha value is -1.66. The first kappa shape index (κ1) is 20.1. The van der Waals surface area contributed by atoms with Gasteiger partial charge in [0.05, 0.1) is 5.02 Å². The Kier molecular flexibility index (Phi) is 5.50. The molecule has 1 aromatic heterocycles. The van der Waals surface area contributed by atoms with Crippen molar-refractivity contribution < 1.29 is 18.3 Å². The first-order valence-corrected chi connectivity index (χ1v) is 8.81. The van der Waals surface area contributed by atoms with Gasteiger partial charge in [-0.25, -0.2) is 4.98 Å². The van der Waals surface area contributed by atoms with Crippen LogP contribution in [-0.2, 0) is 6.18 Å². The molecular formula is C18H8Cl4F3NO. The Bertz CT molecular complexity index is 965. The second-order valence-electron chi connectivity index (χ2n) is 5.50. The fourth-order valence-corrected chi connectivity index (χ4v) is 3.23. The van der Waals surface area contributed by atoms with E-state index in [-0.39, 0.29) is 42.5 Å². The van der Waals surface area contributed by atoms with Gasteiger partial charge in [-0.3, -0.25) is 0 Å². The minimum absolute atomic E-state index is 0.0483. The molecule has 140 valence electrons. The Labute approximate surface area is 172 Å². The van der Waals surface area contributed by atoms with Gasteiger partial charge in [0.15, 0.2) is 0 Å². The smallest absolute Gasteiger partial charge is 0.433 e. The number of nitrogens with zero attached hydrogens (tertiary/aromatic N) is 1.